The molecule has 2 heterocycles. The first-order chi connectivity index (χ1) is 13.4. The van der Waals surface area contributed by atoms with Crippen molar-refractivity contribution in [3.8, 4) is 0 Å². The normalized spacial score (nSPS) is 14.6. The van der Waals surface area contributed by atoms with Crippen LogP contribution in [-0.2, 0) is 17.7 Å². The van der Waals surface area contributed by atoms with Crippen LogP contribution in [0.4, 0.5) is 11.8 Å². The van der Waals surface area contributed by atoms with Crippen molar-refractivity contribution >= 4 is 17.7 Å². The van der Waals surface area contributed by atoms with Gasteiger partial charge in [-0.2, -0.15) is 4.98 Å². The molecule has 1 atom stereocenters. The van der Waals surface area contributed by atoms with Crippen LogP contribution in [0.3, 0.4) is 0 Å². The van der Waals surface area contributed by atoms with Crippen molar-refractivity contribution < 1.29 is 14.6 Å². The van der Waals surface area contributed by atoms with Crippen molar-refractivity contribution in [3.63, 3.8) is 0 Å². The lowest BCUT2D eigenvalue weighted by atomic mass is 9.97. The minimum Gasteiger partial charge on any atom is -0.465 e. The van der Waals surface area contributed by atoms with E-state index < -0.39 is 0 Å². The van der Waals surface area contributed by atoms with Crippen LogP contribution in [0.2, 0.25) is 0 Å². The standard InChI is InChI=1S/C21H28N4O3/c1-13(2)18(12-26)23-21-22-14(3)9-19(24-21)25-8-7-15-10-16(20(27)28-4)5-6-17(15)11-25/h5-6,9-10,13,18,26H,7-8,11-12H2,1-4H3,(H,22,23,24)/t18-/m1/s1. The molecule has 1 aromatic carbocycles. The summed E-state index contributed by atoms with van der Waals surface area (Å²) in [5, 5.41) is 12.8. The molecule has 7 nitrogen and oxygen atoms in total. The zero-order valence-corrected chi connectivity index (χ0v) is 16.9. The molecule has 0 aliphatic carbocycles. The van der Waals surface area contributed by atoms with E-state index in [1.54, 1.807) is 6.07 Å². The number of hydrogen-bond donors (Lipinski definition) is 2. The zero-order valence-electron chi connectivity index (χ0n) is 16.9. The smallest absolute Gasteiger partial charge is 0.337 e. The van der Waals surface area contributed by atoms with Crippen molar-refractivity contribution in [2.45, 2.75) is 39.8 Å². The Balaban J connectivity index is 1.80. The summed E-state index contributed by atoms with van der Waals surface area (Å²) in [6.07, 6.45) is 0.831. The van der Waals surface area contributed by atoms with Gasteiger partial charge in [0.15, 0.2) is 0 Å². The van der Waals surface area contributed by atoms with E-state index in [9.17, 15) is 9.90 Å². The van der Waals surface area contributed by atoms with Crippen LogP contribution in [-0.4, -0.2) is 47.3 Å². The van der Waals surface area contributed by atoms with Gasteiger partial charge in [0.2, 0.25) is 5.95 Å². The zero-order chi connectivity index (χ0) is 20.3. The summed E-state index contributed by atoms with van der Waals surface area (Å²) < 4.78 is 4.81. The van der Waals surface area contributed by atoms with E-state index in [-0.39, 0.29) is 24.5 Å². The molecule has 0 saturated heterocycles. The number of carbonyl (C=O) groups excluding carboxylic acids is 1. The Morgan fingerprint density at radius 3 is 2.75 bits per heavy atom. The number of aliphatic hydroxyl groups excluding tert-OH is 1. The highest BCUT2D eigenvalue weighted by atomic mass is 16.5. The fourth-order valence-corrected chi connectivity index (χ4v) is 3.36. The summed E-state index contributed by atoms with van der Waals surface area (Å²) in [7, 11) is 1.40. The lowest BCUT2D eigenvalue weighted by molar-refractivity contribution is 0.0600. The lowest BCUT2D eigenvalue weighted by Crippen LogP contribution is -2.33. The summed E-state index contributed by atoms with van der Waals surface area (Å²) in [6.45, 7) is 7.61. The number of aromatic nitrogens is 2. The number of aryl methyl sites for hydroxylation is 1. The molecular formula is C21H28N4O3. The number of benzene rings is 1. The fraction of sp³-hybridized carbons (Fsp3) is 0.476. The number of hydrogen-bond acceptors (Lipinski definition) is 7. The molecule has 1 aromatic heterocycles. The first-order valence-electron chi connectivity index (χ1n) is 9.59. The molecule has 0 fully saturated rings. The highest BCUT2D eigenvalue weighted by molar-refractivity contribution is 5.89. The predicted octanol–water partition coefficient (Wildman–Crippen LogP) is 2.56. The van der Waals surface area contributed by atoms with Gasteiger partial charge in [0.05, 0.1) is 25.3 Å². The molecule has 2 aromatic rings. The SMILES string of the molecule is COC(=O)c1ccc2c(c1)CCN(c1cc(C)nc(N[C@H](CO)C(C)C)n1)C2. The highest BCUT2D eigenvalue weighted by Crippen LogP contribution is 2.25. The van der Waals surface area contributed by atoms with Crippen molar-refractivity contribution in [2.75, 3.05) is 30.5 Å². The van der Waals surface area contributed by atoms with Crippen molar-refractivity contribution in [1.82, 2.24) is 9.97 Å². The average molecular weight is 384 g/mol. The van der Waals surface area contributed by atoms with Gasteiger partial charge in [-0.05, 0) is 42.5 Å². The van der Waals surface area contributed by atoms with Crippen LogP contribution in [0.25, 0.3) is 0 Å². The quantitative estimate of drug-likeness (QED) is 0.740. The van der Waals surface area contributed by atoms with Gasteiger partial charge < -0.3 is 20.1 Å². The van der Waals surface area contributed by atoms with Gasteiger partial charge in [-0.1, -0.05) is 19.9 Å². The van der Waals surface area contributed by atoms with Gasteiger partial charge in [0, 0.05) is 24.8 Å². The average Bonchev–Trinajstić information content (AvgIpc) is 2.69. The second-order valence-corrected chi connectivity index (χ2v) is 7.52. The maximum atomic E-state index is 11.7. The summed E-state index contributed by atoms with van der Waals surface area (Å²) in [6, 6.07) is 7.60. The summed E-state index contributed by atoms with van der Waals surface area (Å²) in [5.41, 5.74) is 3.81. The molecule has 0 saturated carbocycles. The van der Waals surface area contributed by atoms with E-state index in [0.29, 0.717) is 11.5 Å². The third kappa shape index (κ3) is 4.42. The van der Waals surface area contributed by atoms with Crippen LogP contribution in [0.1, 0.15) is 41.0 Å². The lowest BCUT2D eigenvalue weighted by Gasteiger charge is -2.30. The maximum Gasteiger partial charge on any atom is 0.337 e. The number of aliphatic hydroxyl groups is 1. The Morgan fingerprint density at radius 2 is 2.07 bits per heavy atom. The number of ether oxygens (including phenoxy) is 1. The molecule has 0 radical (unpaired) electrons. The van der Waals surface area contributed by atoms with E-state index in [0.717, 1.165) is 31.0 Å². The van der Waals surface area contributed by atoms with E-state index in [4.69, 9.17) is 4.74 Å². The fourth-order valence-electron chi connectivity index (χ4n) is 3.36. The molecule has 0 unspecified atom stereocenters. The predicted molar refractivity (Wildman–Crippen MR) is 109 cm³/mol. The van der Waals surface area contributed by atoms with Crippen LogP contribution in [0, 0.1) is 12.8 Å². The number of nitrogens with one attached hydrogen (secondary N) is 1. The number of rotatable bonds is 6. The second-order valence-electron chi connectivity index (χ2n) is 7.52. The van der Waals surface area contributed by atoms with E-state index in [1.807, 2.05) is 25.1 Å². The Labute approximate surface area is 165 Å². The van der Waals surface area contributed by atoms with Gasteiger partial charge in [0.1, 0.15) is 5.82 Å². The van der Waals surface area contributed by atoms with Gasteiger partial charge in [0.25, 0.3) is 0 Å². The molecular weight excluding hydrogens is 356 g/mol. The molecule has 7 heteroatoms. The number of fused-ring (bicyclic) bond motifs is 1. The van der Waals surface area contributed by atoms with Gasteiger partial charge in [-0.15, -0.1) is 0 Å². The minimum absolute atomic E-state index is 0.0317. The van der Waals surface area contributed by atoms with Crippen molar-refractivity contribution in [2.24, 2.45) is 5.92 Å². The van der Waals surface area contributed by atoms with E-state index in [1.165, 1.54) is 18.2 Å². The summed E-state index contributed by atoms with van der Waals surface area (Å²) in [4.78, 5) is 23.1. The van der Waals surface area contributed by atoms with Crippen LogP contribution in [0.15, 0.2) is 24.3 Å². The Hall–Kier alpha value is -2.67. The van der Waals surface area contributed by atoms with Gasteiger partial charge in [-0.3, -0.25) is 0 Å². The van der Waals surface area contributed by atoms with Crippen LogP contribution < -0.4 is 10.2 Å². The monoisotopic (exact) mass is 384 g/mol. The van der Waals surface area contributed by atoms with Gasteiger partial charge in [-0.25, -0.2) is 9.78 Å². The molecule has 0 bridgehead atoms. The minimum atomic E-state index is -0.309. The molecule has 0 spiro atoms. The van der Waals surface area contributed by atoms with E-state index in [2.05, 4.69) is 34.0 Å². The topological polar surface area (TPSA) is 87.6 Å². The van der Waals surface area contributed by atoms with E-state index >= 15 is 0 Å². The molecule has 1 aliphatic rings. The molecule has 0 amide bonds. The number of carbonyl (C=O) groups is 1. The third-order valence-electron chi connectivity index (χ3n) is 5.12. The van der Waals surface area contributed by atoms with Crippen molar-refractivity contribution in [1.29, 1.82) is 0 Å². The molecule has 1 aliphatic heterocycles. The summed E-state index contributed by atoms with van der Waals surface area (Å²) in [5.74, 6) is 1.35. The number of methoxy groups -OCH3 is 1. The van der Waals surface area contributed by atoms with Crippen LogP contribution in [0.5, 0.6) is 0 Å². The maximum absolute atomic E-state index is 11.7. The first kappa shape index (κ1) is 20.1. The Morgan fingerprint density at radius 1 is 1.29 bits per heavy atom. The first-order valence-corrected chi connectivity index (χ1v) is 9.59. The third-order valence-corrected chi connectivity index (χ3v) is 5.12. The molecule has 3 rings (SSSR count). The molecule has 2 N–H and O–H groups in total. The summed E-state index contributed by atoms with van der Waals surface area (Å²) >= 11 is 0. The largest absolute Gasteiger partial charge is 0.465 e. The van der Waals surface area contributed by atoms with Gasteiger partial charge >= 0.3 is 5.97 Å². The molecule has 150 valence electrons. The number of esters is 1. The Bertz CT molecular complexity index is 854. The van der Waals surface area contributed by atoms with Crippen LogP contribution >= 0.6 is 0 Å². The number of anilines is 2. The second kappa shape index (κ2) is 8.56. The molecule has 28 heavy (non-hydrogen) atoms. The number of nitrogens with zero attached hydrogens (tertiary/aromatic N) is 3. The highest BCUT2D eigenvalue weighted by Gasteiger charge is 2.21. The van der Waals surface area contributed by atoms with Crippen molar-refractivity contribution in [3.05, 3.63) is 46.6 Å². The Kier molecular flexibility index (Phi) is 6.14.